The van der Waals surface area contributed by atoms with Crippen molar-refractivity contribution in [3.63, 3.8) is 0 Å². The van der Waals surface area contributed by atoms with Crippen LogP contribution in [0, 0.1) is 0 Å². The highest BCUT2D eigenvalue weighted by Crippen LogP contribution is 1.85. The third-order valence-electron chi connectivity index (χ3n) is 1.27. The van der Waals surface area contributed by atoms with E-state index in [1.807, 2.05) is 0 Å². The van der Waals surface area contributed by atoms with Gasteiger partial charge in [-0.05, 0) is 19.9 Å². The number of hydrogen-bond donors (Lipinski definition) is 1. The molecule has 1 atom stereocenters. The van der Waals surface area contributed by atoms with Gasteiger partial charge in [0.15, 0.2) is 0 Å². The summed E-state index contributed by atoms with van der Waals surface area (Å²) >= 11 is 0. The number of nitrogens with one attached hydrogen (secondary N) is 1. The van der Waals surface area contributed by atoms with Gasteiger partial charge in [-0.15, -0.1) is 0 Å². The Kier molecular flexibility index (Phi) is 6.98. The molecule has 1 N–H and O–H groups in total. The molecule has 0 saturated carbocycles. The van der Waals surface area contributed by atoms with Gasteiger partial charge in [0.05, 0.1) is 6.61 Å². The van der Waals surface area contributed by atoms with Gasteiger partial charge in [-0.3, -0.25) is 0 Å². The predicted octanol–water partition coefficient (Wildman–Crippen LogP) is 1.41. The average molecular weight is 145 g/mol. The predicted molar refractivity (Wildman–Crippen MR) is 44.2 cm³/mol. The van der Waals surface area contributed by atoms with Crippen molar-refractivity contribution in [3.8, 4) is 0 Å². The molecule has 0 aliphatic rings. The number of rotatable bonds is 6. The molecule has 0 radical (unpaired) electrons. The summed E-state index contributed by atoms with van der Waals surface area (Å²) in [6.45, 7) is 9.11. The molecule has 2 nitrogen and oxygen atoms in total. The fraction of sp³-hybridized carbons (Fsp3) is 1.00. The maximum atomic E-state index is 5.33. The Morgan fingerprint density at radius 2 is 2.10 bits per heavy atom. The maximum Gasteiger partial charge on any atom is 0.0616 e. The normalized spacial score (nSPS) is 13.5. The molecule has 0 heterocycles. The van der Waals surface area contributed by atoms with Gasteiger partial charge in [0.2, 0.25) is 0 Å². The van der Waals surface area contributed by atoms with E-state index < -0.39 is 0 Å². The second-order valence-corrected chi connectivity index (χ2v) is 2.53. The molecule has 0 aromatic carbocycles. The fourth-order valence-corrected chi connectivity index (χ4v) is 0.812. The van der Waals surface area contributed by atoms with Gasteiger partial charge in [-0.1, -0.05) is 13.8 Å². The van der Waals surface area contributed by atoms with E-state index in [2.05, 4.69) is 26.1 Å². The quantitative estimate of drug-likeness (QED) is 0.571. The van der Waals surface area contributed by atoms with Crippen LogP contribution < -0.4 is 5.32 Å². The second kappa shape index (κ2) is 7.03. The summed E-state index contributed by atoms with van der Waals surface area (Å²) < 4.78 is 5.33. The lowest BCUT2D eigenvalue weighted by Gasteiger charge is -2.11. The minimum atomic E-state index is 0.497. The first-order chi connectivity index (χ1) is 4.81. The molecule has 10 heavy (non-hydrogen) atoms. The van der Waals surface area contributed by atoms with Crippen molar-refractivity contribution in [3.05, 3.63) is 0 Å². The number of likely N-dealkylation sites (N-methyl/N-ethyl adjacent to an activating group) is 1. The lowest BCUT2D eigenvalue weighted by atomic mass is 10.3. The third-order valence-corrected chi connectivity index (χ3v) is 1.27. The summed E-state index contributed by atoms with van der Waals surface area (Å²) in [5.74, 6) is 0. The standard InChI is InChI=1S/C8H19NO/c1-4-6-10-7-8(3)9-5-2/h8-9H,4-7H2,1-3H3. The van der Waals surface area contributed by atoms with Gasteiger partial charge in [-0.25, -0.2) is 0 Å². The van der Waals surface area contributed by atoms with Crippen molar-refractivity contribution in [2.24, 2.45) is 0 Å². The van der Waals surface area contributed by atoms with E-state index in [1.165, 1.54) is 0 Å². The van der Waals surface area contributed by atoms with Crippen LogP contribution in [0.3, 0.4) is 0 Å². The van der Waals surface area contributed by atoms with Crippen LogP contribution in [0.5, 0.6) is 0 Å². The van der Waals surface area contributed by atoms with Crippen LogP contribution in [0.1, 0.15) is 27.2 Å². The lowest BCUT2D eigenvalue weighted by molar-refractivity contribution is 0.116. The van der Waals surface area contributed by atoms with E-state index in [1.54, 1.807) is 0 Å². The minimum Gasteiger partial charge on any atom is -0.380 e. The van der Waals surface area contributed by atoms with Gasteiger partial charge in [0.1, 0.15) is 0 Å². The van der Waals surface area contributed by atoms with Gasteiger partial charge >= 0.3 is 0 Å². The Morgan fingerprint density at radius 3 is 2.60 bits per heavy atom. The van der Waals surface area contributed by atoms with E-state index in [9.17, 15) is 0 Å². The van der Waals surface area contributed by atoms with Crippen LogP contribution >= 0.6 is 0 Å². The largest absolute Gasteiger partial charge is 0.380 e. The SMILES string of the molecule is CCCOCC(C)NCC. The maximum absolute atomic E-state index is 5.33. The van der Waals surface area contributed by atoms with Crippen molar-refractivity contribution in [2.45, 2.75) is 33.2 Å². The molecule has 0 fully saturated rings. The van der Waals surface area contributed by atoms with Crippen molar-refractivity contribution in [2.75, 3.05) is 19.8 Å². The van der Waals surface area contributed by atoms with Crippen LogP contribution in [0.25, 0.3) is 0 Å². The molecular weight excluding hydrogens is 126 g/mol. The van der Waals surface area contributed by atoms with E-state index in [0.29, 0.717) is 6.04 Å². The first kappa shape index (κ1) is 9.92. The summed E-state index contributed by atoms with van der Waals surface area (Å²) in [6, 6.07) is 0.497. The highest BCUT2D eigenvalue weighted by Gasteiger charge is 1.96. The van der Waals surface area contributed by atoms with Crippen LogP contribution in [0.2, 0.25) is 0 Å². The Morgan fingerprint density at radius 1 is 1.40 bits per heavy atom. The summed E-state index contributed by atoms with van der Waals surface area (Å²) in [5.41, 5.74) is 0. The van der Waals surface area contributed by atoms with Crippen molar-refractivity contribution < 1.29 is 4.74 Å². The van der Waals surface area contributed by atoms with Crippen LogP contribution in [-0.2, 0) is 4.74 Å². The molecule has 0 amide bonds. The third kappa shape index (κ3) is 6.05. The van der Waals surface area contributed by atoms with Crippen molar-refractivity contribution in [1.29, 1.82) is 0 Å². The smallest absolute Gasteiger partial charge is 0.0616 e. The Labute approximate surface area is 64.0 Å². The molecule has 0 aromatic rings. The first-order valence-electron chi connectivity index (χ1n) is 4.12. The molecule has 0 saturated heterocycles. The second-order valence-electron chi connectivity index (χ2n) is 2.53. The number of hydrogen-bond acceptors (Lipinski definition) is 2. The van der Waals surface area contributed by atoms with Crippen molar-refractivity contribution in [1.82, 2.24) is 5.32 Å². The monoisotopic (exact) mass is 145 g/mol. The lowest BCUT2D eigenvalue weighted by Crippen LogP contribution is -2.30. The summed E-state index contributed by atoms with van der Waals surface area (Å²) in [7, 11) is 0. The summed E-state index contributed by atoms with van der Waals surface area (Å²) in [5, 5.41) is 3.28. The molecule has 62 valence electrons. The fourth-order valence-electron chi connectivity index (χ4n) is 0.812. The van der Waals surface area contributed by atoms with E-state index >= 15 is 0 Å². The number of ether oxygens (including phenoxy) is 1. The summed E-state index contributed by atoms with van der Waals surface area (Å²) in [4.78, 5) is 0. The van der Waals surface area contributed by atoms with E-state index in [4.69, 9.17) is 4.74 Å². The Bertz CT molecular complexity index is 66.3. The van der Waals surface area contributed by atoms with Crippen LogP contribution in [0.15, 0.2) is 0 Å². The highest BCUT2D eigenvalue weighted by atomic mass is 16.5. The van der Waals surface area contributed by atoms with E-state index in [0.717, 1.165) is 26.2 Å². The van der Waals surface area contributed by atoms with Gasteiger partial charge in [0, 0.05) is 12.6 Å². The highest BCUT2D eigenvalue weighted by molar-refractivity contribution is 4.55. The molecule has 0 bridgehead atoms. The molecule has 0 aliphatic carbocycles. The zero-order valence-electron chi connectivity index (χ0n) is 7.31. The molecule has 2 heteroatoms. The Hall–Kier alpha value is -0.0800. The molecule has 0 aromatic heterocycles. The molecule has 1 unspecified atom stereocenters. The molecule has 0 rings (SSSR count). The van der Waals surface area contributed by atoms with Gasteiger partial charge in [-0.2, -0.15) is 0 Å². The van der Waals surface area contributed by atoms with Crippen LogP contribution in [-0.4, -0.2) is 25.8 Å². The molecule has 0 aliphatic heterocycles. The Balaban J connectivity index is 2.97. The molecular formula is C8H19NO. The minimum absolute atomic E-state index is 0.497. The van der Waals surface area contributed by atoms with Gasteiger partial charge < -0.3 is 10.1 Å². The zero-order chi connectivity index (χ0) is 7.82. The topological polar surface area (TPSA) is 21.3 Å². The van der Waals surface area contributed by atoms with Gasteiger partial charge in [0.25, 0.3) is 0 Å². The average Bonchev–Trinajstić information content (AvgIpc) is 1.89. The van der Waals surface area contributed by atoms with E-state index in [-0.39, 0.29) is 0 Å². The van der Waals surface area contributed by atoms with Crippen LogP contribution in [0.4, 0.5) is 0 Å². The molecule has 0 spiro atoms. The van der Waals surface area contributed by atoms with Crippen molar-refractivity contribution >= 4 is 0 Å². The first-order valence-corrected chi connectivity index (χ1v) is 4.12. The summed E-state index contributed by atoms with van der Waals surface area (Å²) in [6.07, 6.45) is 1.11. The zero-order valence-corrected chi connectivity index (χ0v) is 7.31.